The molecule has 2 heterocycles. The van der Waals surface area contributed by atoms with Gasteiger partial charge in [-0.05, 0) is 26.0 Å². The van der Waals surface area contributed by atoms with Crippen molar-refractivity contribution in [1.29, 1.82) is 0 Å². The molecule has 10 heteroatoms. The lowest BCUT2D eigenvalue weighted by molar-refractivity contribution is -0.117. The Labute approximate surface area is 168 Å². The van der Waals surface area contributed by atoms with E-state index in [2.05, 4.69) is 9.97 Å². The van der Waals surface area contributed by atoms with Gasteiger partial charge in [-0.15, -0.1) is 23.2 Å². The third kappa shape index (κ3) is 3.51. The standard InChI is InChI=1S/C16H16Cl2N4O2S2/c1-3-21(13(23)7-17)15-19-9-5-10-12(6-11(9)25-15)26-16(20-10)22(4-2)14(24)8-18/h5-6H,3-4,7-8H2,1-2H3. The average molecular weight is 431 g/mol. The zero-order valence-corrected chi connectivity index (χ0v) is 17.3. The topological polar surface area (TPSA) is 66.4 Å². The van der Waals surface area contributed by atoms with Crippen LogP contribution < -0.4 is 9.80 Å². The van der Waals surface area contributed by atoms with Gasteiger partial charge in [0, 0.05) is 13.1 Å². The fourth-order valence-corrected chi connectivity index (χ4v) is 5.04. The summed E-state index contributed by atoms with van der Waals surface area (Å²) < 4.78 is 1.91. The molecule has 3 aromatic rings. The maximum atomic E-state index is 12.0. The van der Waals surface area contributed by atoms with E-state index in [-0.39, 0.29) is 23.6 Å². The molecule has 2 aromatic heterocycles. The first-order valence-corrected chi connectivity index (χ1v) is 10.7. The van der Waals surface area contributed by atoms with Crippen LogP contribution >= 0.6 is 45.9 Å². The van der Waals surface area contributed by atoms with Gasteiger partial charge in [-0.3, -0.25) is 19.4 Å². The molecule has 0 unspecified atom stereocenters. The molecule has 0 fully saturated rings. The Balaban J connectivity index is 2.03. The maximum absolute atomic E-state index is 12.0. The second-order valence-electron chi connectivity index (χ2n) is 5.32. The molecule has 0 aliphatic carbocycles. The summed E-state index contributed by atoms with van der Waals surface area (Å²) in [4.78, 5) is 36.2. The fourth-order valence-electron chi connectivity index (χ4n) is 2.54. The van der Waals surface area contributed by atoms with Crippen LogP contribution in [0.3, 0.4) is 0 Å². The number of thiazole rings is 2. The van der Waals surface area contributed by atoms with Crippen molar-refractivity contribution in [2.75, 3.05) is 34.6 Å². The summed E-state index contributed by atoms with van der Waals surface area (Å²) in [5.41, 5.74) is 1.53. The van der Waals surface area contributed by atoms with Crippen LogP contribution in [0.25, 0.3) is 20.4 Å². The molecule has 6 nitrogen and oxygen atoms in total. The van der Waals surface area contributed by atoms with Gasteiger partial charge in [0.1, 0.15) is 11.8 Å². The molecule has 26 heavy (non-hydrogen) atoms. The molecule has 0 aliphatic heterocycles. The summed E-state index contributed by atoms with van der Waals surface area (Å²) in [5, 5.41) is 1.25. The summed E-state index contributed by atoms with van der Waals surface area (Å²) in [5.74, 6) is -0.501. The molecule has 0 N–H and O–H groups in total. The maximum Gasteiger partial charge on any atom is 0.243 e. The Morgan fingerprint density at radius 3 is 1.65 bits per heavy atom. The Morgan fingerprint density at radius 1 is 0.885 bits per heavy atom. The number of hydrogen-bond acceptors (Lipinski definition) is 6. The minimum atomic E-state index is -0.173. The number of carbonyl (C=O) groups is 2. The lowest BCUT2D eigenvalue weighted by Crippen LogP contribution is -2.31. The van der Waals surface area contributed by atoms with E-state index in [0.717, 1.165) is 20.4 Å². The summed E-state index contributed by atoms with van der Waals surface area (Å²) in [7, 11) is 0. The average Bonchev–Trinajstić information content (AvgIpc) is 3.23. The van der Waals surface area contributed by atoms with Gasteiger partial charge < -0.3 is 0 Å². The number of aromatic nitrogens is 2. The Bertz CT molecular complexity index is 847. The Morgan fingerprint density at radius 2 is 1.31 bits per heavy atom. The van der Waals surface area contributed by atoms with Crippen molar-refractivity contribution in [2.45, 2.75) is 13.8 Å². The molecule has 0 radical (unpaired) electrons. The predicted octanol–water partition coefficient (Wildman–Crippen LogP) is 4.09. The van der Waals surface area contributed by atoms with Crippen molar-refractivity contribution in [3.8, 4) is 0 Å². The number of benzene rings is 1. The predicted molar refractivity (Wildman–Crippen MR) is 110 cm³/mol. The van der Waals surface area contributed by atoms with Crippen molar-refractivity contribution in [3.05, 3.63) is 12.1 Å². The van der Waals surface area contributed by atoms with Crippen molar-refractivity contribution >= 4 is 88.4 Å². The van der Waals surface area contributed by atoms with Crippen LogP contribution in [-0.2, 0) is 9.59 Å². The zero-order valence-electron chi connectivity index (χ0n) is 14.2. The van der Waals surface area contributed by atoms with Crippen molar-refractivity contribution in [3.63, 3.8) is 0 Å². The smallest absolute Gasteiger partial charge is 0.243 e. The Kier molecular flexibility index (Phi) is 5.96. The highest BCUT2D eigenvalue weighted by atomic mass is 35.5. The van der Waals surface area contributed by atoms with E-state index in [0.29, 0.717) is 23.4 Å². The molecule has 0 spiro atoms. The van der Waals surface area contributed by atoms with E-state index in [9.17, 15) is 9.59 Å². The van der Waals surface area contributed by atoms with Crippen molar-refractivity contribution < 1.29 is 9.59 Å². The number of halogens is 2. The lowest BCUT2D eigenvalue weighted by Gasteiger charge is -2.15. The molecule has 0 aliphatic rings. The third-order valence-electron chi connectivity index (χ3n) is 3.80. The van der Waals surface area contributed by atoms with Gasteiger partial charge in [-0.1, -0.05) is 22.7 Å². The molecule has 138 valence electrons. The number of fused-ring (bicyclic) bond motifs is 2. The highest BCUT2D eigenvalue weighted by Crippen LogP contribution is 2.36. The van der Waals surface area contributed by atoms with Crippen molar-refractivity contribution in [2.24, 2.45) is 0 Å². The molecule has 0 atom stereocenters. The highest BCUT2D eigenvalue weighted by molar-refractivity contribution is 7.24. The van der Waals surface area contributed by atoms with E-state index >= 15 is 0 Å². The number of alkyl halides is 2. The van der Waals surface area contributed by atoms with Gasteiger partial charge in [0.2, 0.25) is 11.8 Å². The van der Waals surface area contributed by atoms with E-state index in [1.54, 1.807) is 9.80 Å². The number of amides is 2. The molecule has 3 rings (SSSR count). The minimum Gasteiger partial charge on any atom is -0.287 e. The van der Waals surface area contributed by atoms with Gasteiger partial charge in [0.15, 0.2) is 10.3 Å². The summed E-state index contributed by atoms with van der Waals surface area (Å²) in [6.45, 7) is 4.79. The monoisotopic (exact) mass is 430 g/mol. The number of carbonyl (C=O) groups excluding carboxylic acids is 2. The molecular formula is C16H16Cl2N4O2S2. The van der Waals surface area contributed by atoms with Gasteiger partial charge >= 0.3 is 0 Å². The molecule has 0 saturated heterocycles. The first-order valence-electron chi connectivity index (χ1n) is 7.96. The summed E-state index contributed by atoms with van der Waals surface area (Å²) in [6, 6.07) is 3.87. The fraction of sp³-hybridized carbons (Fsp3) is 0.375. The quantitative estimate of drug-likeness (QED) is 0.552. The second kappa shape index (κ2) is 8.04. The van der Waals surface area contributed by atoms with Gasteiger partial charge in [0.25, 0.3) is 0 Å². The van der Waals surface area contributed by atoms with E-state index in [1.165, 1.54) is 22.7 Å². The summed E-state index contributed by atoms with van der Waals surface area (Å²) >= 11 is 14.2. The van der Waals surface area contributed by atoms with E-state index < -0.39 is 0 Å². The minimum absolute atomic E-state index is 0.0782. The second-order valence-corrected chi connectivity index (χ2v) is 7.88. The van der Waals surface area contributed by atoms with Crippen LogP contribution in [0.2, 0.25) is 0 Å². The van der Waals surface area contributed by atoms with Gasteiger partial charge in [-0.2, -0.15) is 0 Å². The summed E-state index contributed by atoms with van der Waals surface area (Å²) in [6.07, 6.45) is 0. The first kappa shape index (κ1) is 19.3. The largest absolute Gasteiger partial charge is 0.287 e. The van der Waals surface area contributed by atoms with Crippen LogP contribution in [0.1, 0.15) is 13.8 Å². The van der Waals surface area contributed by atoms with Gasteiger partial charge in [0.05, 0.1) is 20.4 Å². The van der Waals surface area contributed by atoms with E-state index in [1.807, 2.05) is 26.0 Å². The molecule has 1 aromatic carbocycles. The van der Waals surface area contributed by atoms with Crippen LogP contribution in [0.15, 0.2) is 12.1 Å². The number of nitrogens with zero attached hydrogens (tertiary/aromatic N) is 4. The molecule has 0 saturated carbocycles. The van der Waals surface area contributed by atoms with Crippen molar-refractivity contribution in [1.82, 2.24) is 9.97 Å². The highest BCUT2D eigenvalue weighted by Gasteiger charge is 2.20. The van der Waals surface area contributed by atoms with E-state index in [4.69, 9.17) is 23.2 Å². The molecular weight excluding hydrogens is 415 g/mol. The molecule has 0 bridgehead atoms. The zero-order chi connectivity index (χ0) is 18.8. The van der Waals surface area contributed by atoms with Gasteiger partial charge in [-0.25, -0.2) is 9.97 Å². The van der Waals surface area contributed by atoms with Crippen LogP contribution in [0, 0.1) is 0 Å². The first-order chi connectivity index (χ1) is 12.5. The normalized spacial score (nSPS) is 11.2. The van der Waals surface area contributed by atoms with Crippen LogP contribution in [0.4, 0.5) is 10.3 Å². The lowest BCUT2D eigenvalue weighted by atomic mass is 10.3. The van der Waals surface area contributed by atoms with Crippen LogP contribution in [-0.4, -0.2) is 46.6 Å². The number of rotatable bonds is 6. The molecule has 2 amide bonds. The SMILES string of the molecule is CCN(C(=O)CCl)c1nc2cc3nc(N(CC)C(=O)CCl)sc3cc2s1. The number of hydrogen-bond donors (Lipinski definition) is 0. The Hall–Kier alpha value is -1.48. The number of anilines is 2. The van der Waals surface area contributed by atoms with Crippen LogP contribution in [0.5, 0.6) is 0 Å². The third-order valence-corrected chi connectivity index (χ3v) is 6.34.